The average molecular weight is 342 g/mol. The minimum Gasteiger partial charge on any atom is -0.0877 e. The van der Waals surface area contributed by atoms with Gasteiger partial charge in [0, 0.05) is 23.2 Å². The van der Waals surface area contributed by atoms with Gasteiger partial charge in [-0.3, -0.25) is 0 Å². The molecule has 0 fully saturated rings. The first-order chi connectivity index (χ1) is 7.33. The maximum absolute atomic E-state index is 2.36. The summed E-state index contributed by atoms with van der Waals surface area (Å²) in [5, 5.41) is 0. The lowest BCUT2D eigenvalue weighted by Crippen LogP contribution is -1.89. The zero-order valence-corrected chi connectivity index (χ0v) is 11.5. The molecule has 0 aromatic heterocycles. The Morgan fingerprint density at radius 1 is 0.733 bits per heavy atom. The van der Waals surface area contributed by atoms with E-state index in [1.165, 1.54) is 23.2 Å². The molecule has 2 aromatic carbocycles. The fourth-order valence-corrected chi connectivity index (χ4v) is 4.46. The van der Waals surface area contributed by atoms with Crippen LogP contribution < -0.4 is 0 Å². The van der Waals surface area contributed by atoms with Crippen molar-refractivity contribution in [3.63, 3.8) is 0 Å². The van der Waals surface area contributed by atoms with E-state index in [4.69, 9.17) is 0 Å². The smallest absolute Gasteiger partial charge is 0.0272 e. The lowest BCUT2D eigenvalue weighted by atomic mass is 10.3. The molecule has 0 aliphatic carbocycles. The maximum atomic E-state index is 2.36. The van der Waals surface area contributed by atoms with Crippen molar-refractivity contribution in [3.8, 4) is 0 Å². The summed E-state index contributed by atoms with van der Waals surface area (Å²) in [7, 11) is 0. The third kappa shape index (κ3) is 1.92. The number of halogens is 1. The fraction of sp³-hybridized carbons (Fsp3) is 0. The van der Waals surface area contributed by atoms with Gasteiger partial charge in [-0.25, -0.2) is 0 Å². The van der Waals surface area contributed by atoms with Gasteiger partial charge in [0.15, 0.2) is 0 Å². The van der Waals surface area contributed by atoms with Crippen molar-refractivity contribution in [3.05, 3.63) is 46.0 Å². The molecule has 1 heterocycles. The lowest BCUT2D eigenvalue weighted by molar-refractivity contribution is 1.15. The highest BCUT2D eigenvalue weighted by atomic mass is 127. The van der Waals surface area contributed by atoms with Crippen molar-refractivity contribution in [2.24, 2.45) is 0 Å². The molecule has 0 atom stereocenters. The minimum atomic E-state index is 1.30. The van der Waals surface area contributed by atoms with Gasteiger partial charge in [0.25, 0.3) is 0 Å². The van der Waals surface area contributed by atoms with Gasteiger partial charge >= 0.3 is 0 Å². The van der Waals surface area contributed by atoms with Crippen LogP contribution in [-0.2, 0) is 0 Å². The zero-order valence-electron chi connectivity index (χ0n) is 7.74. The predicted octanol–water partition coefficient (Wildman–Crippen LogP) is 4.91. The third-order valence-corrected chi connectivity index (χ3v) is 5.41. The summed E-state index contributed by atoms with van der Waals surface area (Å²) in [6, 6.07) is 15.2. The van der Waals surface area contributed by atoms with E-state index < -0.39 is 0 Å². The van der Waals surface area contributed by atoms with Crippen molar-refractivity contribution in [2.75, 3.05) is 0 Å². The van der Waals surface area contributed by atoms with Crippen LogP contribution in [0.25, 0.3) is 0 Å². The van der Waals surface area contributed by atoms with Gasteiger partial charge in [0.05, 0.1) is 0 Å². The van der Waals surface area contributed by atoms with E-state index in [1.54, 1.807) is 0 Å². The normalized spacial score (nSPS) is 13.1. The summed E-state index contributed by atoms with van der Waals surface area (Å²) in [4.78, 5) is 5.50. The average Bonchev–Trinajstić information content (AvgIpc) is 2.26. The molecule has 0 nitrogen and oxygen atoms in total. The van der Waals surface area contributed by atoms with E-state index in [2.05, 4.69) is 65.1 Å². The first-order valence-corrected chi connectivity index (χ1v) is 7.28. The highest BCUT2D eigenvalue weighted by Gasteiger charge is 2.15. The van der Waals surface area contributed by atoms with Gasteiger partial charge in [-0.1, -0.05) is 35.7 Å². The molecule has 15 heavy (non-hydrogen) atoms. The standard InChI is InChI=1S/C12H7IS2/c13-8-5-6-11-12(7-8)15-10-4-2-1-3-9(10)14-11/h1-7H. The number of rotatable bonds is 0. The third-order valence-electron chi connectivity index (χ3n) is 2.19. The van der Waals surface area contributed by atoms with Crippen LogP contribution in [0.15, 0.2) is 62.0 Å². The van der Waals surface area contributed by atoms with Crippen molar-refractivity contribution < 1.29 is 0 Å². The molecule has 0 radical (unpaired) electrons. The van der Waals surface area contributed by atoms with Gasteiger partial charge < -0.3 is 0 Å². The molecule has 0 saturated heterocycles. The zero-order chi connectivity index (χ0) is 10.3. The first kappa shape index (κ1) is 10.1. The summed E-state index contributed by atoms with van der Waals surface area (Å²) >= 11 is 6.10. The van der Waals surface area contributed by atoms with Crippen LogP contribution in [0, 0.1) is 3.57 Å². The molecular weight excluding hydrogens is 335 g/mol. The summed E-state index contributed by atoms with van der Waals surface area (Å²) in [5.74, 6) is 0. The fourth-order valence-electron chi connectivity index (χ4n) is 1.50. The van der Waals surface area contributed by atoms with Crippen LogP contribution in [0.1, 0.15) is 0 Å². The van der Waals surface area contributed by atoms with Crippen molar-refractivity contribution >= 4 is 46.1 Å². The van der Waals surface area contributed by atoms with E-state index in [0.717, 1.165) is 0 Å². The molecule has 1 aliphatic rings. The van der Waals surface area contributed by atoms with Gasteiger partial charge in [-0.15, -0.1) is 0 Å². The molecule has 0 bridgehead atoms. The van der Waals surface area contributed by atoms with Gasteiger partial charge in [-0.05, 0) is 52.9 Å². The topological polar surface area (TPSA) is 0 Å². The predicted molar refractivity (Wildman–Crippen MR) is 73.8 cm³/mol. The van der Waals surface area contributed by atoms with E-state index in [1.807, 2.05) is 23.5 Å². The minimum absolute atomic E-state index is 1.30. The summed E-state index contributed by atoms with van der Waals surface area (Å²) in [6.45, 7) is 0. The summed E-state index contributed by atoms with van der Waals surface area (Å²) in [5.41, 5.74) is 0. The Labute approximate surface area is 111 Å². The summed E-state index contributed by atoms with van der Waals surface area (Å²) in [6.07, 6.45) is 0. The Kier molecular flexibility index (Phi) is 2.70. The molecular formula is C12H7IS2. The monoisotopic (exact) mass is 342 g/mol. The van der Waals surface area contributed by atoms with Gasteiger partial charge in [-0.2, -0.15) is 0 Å². The Bertz CT molecular complexity index is 523. The Morgan fingerprint density at radius 2 is 1.33 bits per heavy atom. The number of hydrogen-bond acceptors (Lipinski definition) is 2. The SMILES string of the molecule is Ic1ccc2c(c1)Sc1ccccc1S2. The molecule has 0 N–H and O–H groups in total. The van der Waals surface area contributed by atoms with Crippen molar-refractivity contribution in [1.82, 2.24) is 0 Å². The second-order valence-corrected chi connectivity index (χ2v) is 6.66. The van der Waals surface area contributed by atoms with E-state index in [0.29, 0.717) is 0 Å². The maximum Gasteiger partial charge on any atom is 0.0272 e. The van der Waals surface area contributed by atoms with Gasteiger partial charge in [0.2, 0.25) is 0 Å². The van der Waals surface area contributed by atoms with Crippen LogP contribution in [0.4, 0.5) is 0 Å². The van der Waals surface area contributed by atoms with E-state index in [9.17, 15) is 0 Å². The number of hydrogen-bond donors (Lipinski definition) is 0. The van der Waals surface area contributed by atoms with E-state index >= 15 is 0 Å². The highest BCUT2D eigenvalue weighted by molar-refractivity contribution is 14.1. The second-order valence-electron chi connectivity index (χ2n) is 3.24. The van der Waals surface area contributed by atoms with Gasteiger partial charge in [0.1, 0.15) is 0 Å². The molecule has 0 unspecified atom stereocenters. The molecule has 3 heteroatoms. The molecule has 74 valence electrons. The van der Waals surface area contributed by atoms with Crippen LogP contribution in [0.5, 0.6) is 0 Å². The molecule has 2 aromatic rings. The number of fused-ring (bicyclic) bond motifs is 2. The van der Waals surface area contributed by atoms with E-state index in [-0.39, 0.29) is 0 Å². The number of benzene rings is 2. The first-order valence-electron chi connectivity index (χ1n) is 4.57. The largest absolute Gasteiger partial charge is 0.0877 e. The quantitative estimate of drug-likeness (QED) is 0.533. The molecule has 0 spiro atoms. The Hall–Kier alpha value is -0.130. The molecule has 3 rings (SSSR count). The van der Waals surface area contributed by atoms with Crippen molar-refractivity contribution in [2.45, 2.75) is 19.6 Å². The molecule has 0 saturated carbocycles. The molecule has 1 aliphatic heterocycles. The van der Waals surface area contributed by atoms with Crippen LogP contribution >= 0.6 is 46.1 Å². The van der Waals surface area contributed by atoms with Crippen LogP contribution in [-0.4, -0.2) is 0 Å². The lowest BCUT2D eigenvalue weighted by Gasteiger charge is -2.17. The summed E-state index contributed by atoms with van der Waals surface area (Å²) < 4.78 is 1.30. The highest BCUT2D eigenvalue weighted by Crippen LogP contribution is 2.48. The second kappa shape index (κ2) is 4.03. The Morgan fingerprint density at radius 3 is 2.07 bits per heavy atom. The van der Waals surface area contributed by atoms with Crippen molar-refractivity contribution in [1.29, 1.82) is 0 Å². The van der Waals surface area contributed by atoms with Crippen LogP contribution in [0.2, 0.25) is 0 Å². The molecule has 0 amide bonds. The Balaban J connectivity index is 2.11. The van der Waals surface area contributed by atoms with Crippen LogP contribution in [0.3, 0.4) is 0 Å².